The minimum absolute atomic E-state index is 0.263. The van der Waals surface area contributed by atoms with Crippen LogP contribution in [0.15, 0.2) is 53.1 Å². The Labute approximate surface area is 181 Å². The Morgan fingerprint density at radius 2 is 1.77 bits per heavy atom. The van der Waals surface area contributed by atoms with Crippen molar-refractivity contribution < 1.29 is 18.8 Å². The molecule has 0 unspecified atom stereocenters. The Morgan fingerprint density at radius 3 is 2.39 bits per heavy atom. The Balaban J connectivity index is 1.70. The molecule has 31 heavy (non-hydrogen) atoms. The van der Waals surface area contributed by atoms with Crippen LogP contribution in [0, 0.1) is 6.92 Å². The van der Waals surface area contributed by atoms with Gasteiger partial charge in [-0.1, -0.05) is 23.4 Å². The summed E-state index contributed by atoms with van der Waals surface area (Å²) in [5, 5.41) is 6.68. The molecular formula is C23H26N4O4. The number of para-hydroxylation sites is 1. The van der Waals surface area contributed by atoms with Crippen LogP contribution in [0.25, 0.3) is 11.5 Å². The summed E-state index contributed by atoms with van der Waals surface area (Å²) in [6.45, 7) is 7.49. The molecule has 2 aromatic carbocycles. The number of aryl methyl sites for hydroxylation is 1. The molecule has 0 atom stereocenters. The van der Waals surface area contributed by atoms with E-state index in [1.807, 2.05) is 39.0 Å². The van der Waals surface area contributed by atoms with Crippen molar-refractivity contribution in [3.05, 3.63) is 65.5 Å². The van der Waals surface area contributed by atoms with Crippen LogP contribution < -0.4 is 5.32 Å². The summed E-state index contributed by atoms with van der Waals surface area (Å²) in [6.07, 6.45) is -0.430. The zero-order chi connectivity index (χ0) is 22.6. The number of nitrogens with zero attached hydrogens (tertiary/aromatic N) is 3. The van der Waals surface area contributed by atoms with E-state index in [2.05, 4.69) is 15.5 Å². The fraction of sp³-hybridized carbons (Fsp3) is 0.304. The van der Waals surface area contributed by atoms with Crippen molar-refractivity contribution in [1.82, 2.24) is 15.0 Å². The monoisotopic (exact) mass is 422 g/mol. The summed E-state index contributed by atoms with van der Waals surface area (Å²) in [5.74, 6) is 0.686. The fourth-order valence-electron chi connectivity index (χ4n) is 2.81. The number of amides is 2. The van der Waals surface area contributed by atoms with Crippen molar-refractivity contribution in [1.29, 1.82) is 0 Å². The standard InChI is InChI=1S/C23H26N4O4/c1-15-24-21(31-26-15)17-12-10-16(11-13-17)20(28)25-19-9-7-6-8-18(19)14-27(5)22(29)30-23(2,3)4/h6-13H,14H2,1-5H3,(H,25,28). The van der Waals surface area contributed by atoms with Gasteiger partial charge in [0.2, 0.25) is 0 Å². The Bertz CT molecular complexity index is 1070. The molecule has 0 aliphatic rings. The molecule has 0 radical (unpaired) electrons. The maximum atomic E-state index is 12.8. The van der Waals surface area contributed by atoms with Crippen LogP contribution >= 0.6 is 0 Å². The van der Waals surface area contributed by atoms with E-state index in [1.165, 1.54) is 4.90 Å². The number of carbonyl (C=O) groups is 2. The van der Waals surface area contributed by atoms with Gasteiger partial charge >= 0.3 is 6.09 Å². The van der Waals surface area contributed by atoms with Gasteiger partial charge in [0.15, 0.2) is 5.82 Å². The third-order valence-electron chi connectivity index (χ3n) is 4.30. The number of carbonyl (C=O) groups excluding carboxylic acids is 2. The number of benzene rings is 2. The highest BCUT2D eigenvalue weighted by Gasteiger charge is 2.20. The molecule has 0 fully saturated rings. The van der Waals surface area contributed by atoms with Crippen LogP contribution in [0.1, 0.15) is 42.5 Å². The second-order valence-corrected chi connectivity index (χ2v) is 8.17. The lowest BCUT2D eigenvalue weighted by Crippen LogP contribution is -2.34. The normalized spacial score (nSPS) is 11.1. The van der Waals surface area contributed by atoms with Crippen molar-refractivity contribution in [2.45, 2.75) is 39.8 Å². The van der Waals surface area contributed by atoms with Gasteiger partial charge in [0.25, 0.3) is 11.8 Å². The van der Waals surface area contributed by atoms with Crippen LogP contribution in [0.2, 0.25) is 0 Å². The molecule has 1 aromatic heterocycles. The Kier molecular flexibility index (Phi) is 6.39. The lowest BCUT2D eigenvalue weighted by Gasteiger charge is -2.25. The van der Waals surface area contributed by atoms with E-state index in [0.717, 1.165) is 11.1 Å². The first-order chi connectivity index (χ1) is 14.6. The molecule has 3 aromatic rings. The summed E-state index contributed by atoms with van der Waals surface area (Å²) >= 11 is 0. The topological polar surface area (TPSA) is 97.6 Å². The minimum Gasteiger partial charge on any atom is -0.444 e. The molecule has 0 aliphatic carbocycles. The van der Waals surface area contributed by atoms with E-state index < -0.39 is 11.7 Å². The van der Waals surface area contributed by atoms with Gasteiger partial charge in [-0.05, 0) is 63.6 Å². The number of aromatic nitrogens is 2. The number of hydrogen-bond acceptors (Lipinski definition) is 6. The van der Waals surface area contributed by atoms with E-state index in [0.29, 0.717) is 29.5 Å². The van der Waals surface area contributed by atoms with Crippen LogP contribution in [0.3, 0.4) is 0 Å². The summed E-state index contributed by atoms with van der Waals surface area (Å²) in [5.41, 5.74) is 2.05. The predicted octanol–water partition coefficient (Wildman–Crippen LogP) is 4.66. The van der Waals surface area contributed by atoms with E-state index in [9.17, 15) is 9.59 Å². The molecule has 1 N–H and O–H groups in total. The van der Waals surface area contributed by atoms with Crippen molar-refractivity contribution in [3.63, 3.8) is 0 Å². The lowest BCUT2D eigenvalue weighted by molar-refractivity contribution is 0.0285. The molecule has 0 bridgehead atoms. The third-order valence-corrected chi connectivity index (χ3v) is 4.30. The van der Waals surface area contributed by atoms with Gasteiger partial charge in [-0.2, -0.15) is 4.98 Å². The first kappa shape index (κ1) is 22.0. The van der Waals surface area contributed by atoms with Crippen molar-refractivity contribution in [2.75, 3.05) is 12.4 Å². The molecule has 162 valence electrons. The first-order valence-corrected chi connectivity index (χ1v) is 9.86. The van der Waals surface area contributed by atoms with Gasteiger partial charge in [0, 0.05) is 23.9 Å². The fourth-order valence-corrected chi connectivity index (χ4v) is 2.81. The van der Waals surface area contributed by atoms with Gasteiger partial charge in [0.05, 0.1) is 6.54 Å². The van der Waals surface area contributed by atoms with E-state index in [4.69, 9.17) is 9.26 Å². The second kappa shape index (κ2) is 8.99. The Morgan fingerprint density at radius 1 is 1.10 bits per heavy atom. The molecule has 3 rings (SSSR count). The molecule has 8 heteroatoms. The van der Waals surface area contributed by atoms with E-state index >= 15 is 0 Å². The Hall–Kier alpha value is -3.68. The molecule has 0 saturated heterocycles. The number of hydrogen-bond donors (Lipinski definition) is 1. The number of nitrogens with one attached hydrogen (secondary N) is 1. The average molecular weight is 422 g/mol. The third kappa shape index (κ3) is 5.91. The molecule has 2 amide bonds. The highest BCUT2D eigenvalue weighted by atomic mass is 16.6. The van der Waals surface area contributed by atoms with Crippen molar-refractivity contribution in [2.24, 2.45) is 0 Å². The highest BCUT2D eigenvalue weighted by molar-refractivity contribution is 6.04. The summed E-state index contributed by atoms with van der Waals surface area (Å²) in [6, 6.07) is 14.2. The van der Waals surface area contributed by atoms with Gasteiger partial charge in [-0.25, -0.2) is 4.79 Å². The number of ether oxygens (including phenoxy) is 1. The second-order valence-electron chi connectivity index (χ2n) is 8.17. The molecular weight excluding hydrogens is 396 g/mol. The summed E-state index contributed by atoms with van der Waals surface area (Å²) < 4.78 is 10.5. The first-order valence-electron chi connectivity index (χ1n) is 9.86. The van der Waals surface area contributed by atoms with Gasteiger partial charge in [0.1, 0.15) is 5.60 Å². The van der Waals surface area contributed by atoms with Gasteiger partial charge in [-0.15, -0.1) is 0 Å². The molecule has 0 saturated carbocycles. The van der Waals surface area contributed by atoms with Crippen molar-refractivity contribution >= 4 is 17.7 Å². The largest absolute Gasteiger partial charge is 0.444 e. The van der Waals surface area contributed by atoms with Crippen LogP contribution in [0.5, 0.6) is 0 Å². The van der Waals surface area contributed by atoms with Crippen LogP contribution in [-0.2, 0) is 11.3 Å². The SMILES string of the molecule is Cc1noc(-c2ccc(C(=O)Nc3ccccc3CN(C)C(=O)OC(C)(C)C)cc2)n1. The van der Waals surface area contributed by atoms with Gasteiger partial charge < -0.3 is 19.5 Å². The highest BCUT2D eigenvalue weighted by Crippen LogP contribution is 2.21. The number of rotatable bonds is 5. The van der Waals surface area contributed by atoms with E-state index in [-0.39, 0.29) is 5.91 Å². The number of anilines is 1. The molecule has 8 nitrogen and oxygen atoms in total. The van der Waals surface area contributed by atoms with Crippen molar-refractivity contribution in [3.8, 4) is 11.5 Å². The van der Waals surface area contributed by atoms with E-state index in [1.54, 1.807) is 44.3 Å². The average Bonchev–Trinajstić information content (AvgIpc) is 3.14. The maximum Gasteiger partial charge on any atom is 0.410 e. The molecule has 1 heterocycles. The predicted molar refractivity (Wildman–Crippen MR) is 117 cm³/mol. The quantitative estimate of drug-likeness (QED) is 0.642. The minimum atomic E-state index is -0.578. The smallest absolute Gasteiger partial charge is 0.410 e. The zero-order valence-electron chi connectivity index (χ0n) is 18.3. The lowest BCUT2D eigenvalue weighted by atomic mass is 10.1. The van der Waals surface area contributed by atoms with Crippen LogP contribution in [-0.4, -0.2) is 39.7 Å². The summed E-state index contributed by atoms with van der Waals surface area (Å²) in [7, 11) is 1.66. The van der Waals surface area contributed by atoms with Gasteiger partial charge in [-0.3, -0.25) is 4.79 Å². The summed E-state index contributed by atoms with van der Waals surface area (Å²) in [4.78, 5) is 30.7. The van der Waals surface area contributed by atoms with Crippen LogP contribution in [0.4, 0.5) is 10.5 Å². The molecule has 0 spiro atoms. The zero-order valence-corrected chi connectivity index (χ0v) is 18.3. The maximum absolute atomic E-state index is 12.8. The molecule has 0 aliphatic heterocycles.